The molecule has 0 bridgehead atoms. The molecule has 0 radical (unpaired) electrons. The van der Waals surface area contributed by atoms with Crippen molar-refractivity contribution in [2.24, 2.45) is 0 Å². The summed E-state index contributed by atoms with van der Waals surface area (Å²) < 4.78 is 12.8. The van der Waals surface area contributed by atoms with Crippen LogP contribution in [0.15, 0.2) is 18.3 Å². The Morgan fingerprint density at radius 3 is 2.50 bits per heavy atom. The minimum atomic E-state index is 0.212. The maximum Gasteiger partial charge on any atom is 0.429 e. The molecule has 2 saturated heterocycles. The van der Waals surface area contributed by atoms with Gasteiger partial charge in [0.05, 0.1) is 13.0 Å². The molecule has 2 aliphatic heterocycles. The van der Waals surface area contributed by atoms with E-state index >= 15 is 0 Å². The molecule has 70 valence electrons. The lowest BCUT2D eigenvalue weighted by molar-refractivity contribution is 0.551. The lowest BCUT2D eigenvalue weighted by Crippen LogP contribution is -2.36. The summed E-state index contributed by atoms with van der Waals surface area (Å²) in [6, 6.07) is 4.06. The van der Waals surface area contributed by atoms with Gasteiger partial charge in [-0.15, -0.1) is 0 Å². The Morgan fingerprint density at radius 2 is 2.00 bits per heavy atom. The predicted molar refractivity (Wildman–Crippen MR) is 54.9 cm³/mol. The fourth-order valence-electron chi connectivity index (χ4n) is 1.62. The number of pyridine rings is 1. The molecule has 1 aromatic rings. The van der Waals surface area contributed by atoms with E-state index in [9.17, 15) is 0 Å². The van der Waals surface area contributed by atoms with Crippen LogP contribution in [-0.2, 0) is 9.31 Å². The van der Waals surface area contributed by atoms with Crippen LogP contribution in [0.2, 0.25) is 0 Å². The molecule has 2 aliphatic rings. The first kappa shape index (κ1) is 8.32. The van der Waals surface area contributed by atoms with Crippen LogP contribution in [0.3, 0.4) is 0 Å². The number of hydrogen-bond acceptors (Lipinski definition) is 4. The highest BCUT2D eigenvalue weighted by Crippen LogP contribution is 2.27. The van der Waals surface area contributed by atoms with Gasteiger partial charge in [0.25, 0.3) is 0 Å². The van der Waals surface area contributed by atoms with Gasteiger partial charge in [0.15, 0.2) is 0 Å². The third kappa shape index (κ3) is 1.51. The first-order valence-corrected chi connectivity index (χ1v) is 4.79. The smallest absolute Gasteiger partial charge is 0.418 e. The second kappa shape index (κ2) is 3.00. The lowest BCUT2D eigenvalue weighted by Gasteiger charge is -2.17. The van der Waals surface area contributed by atoms with E-state index in [-0.39, 0.29) is 14.1 Å². The standard InChI is InChI=1S/C8H10B2N2O2/c1-7-4-8(2-3-11-7)12(9-5-13-9)10-6-14-10/h2-4H,5-6H2,1H3. The summed E-state index contributed by atoms with van der Waals surface area (Å²) in [5, 5.41) is 0. The Labute approximate surface area is 83.5 Å². The van der Waals surface area contributed by atoms with Crippen LogP contribution in [0.25, 0.3) is 0 Å². The molecule has 6 heteroatoms. The van der Waals surface area contributed by atoms with Crippen molar-refractivity contribution < 1.29 is 9.31 Å². The van der Waals surface area contributed by atoms with Gasteiger partial charge >= 0.3 is 14.1 Å². The van der Waals surface area contributed by atoms with Crippen LogP contribution < -0.4 is 4.72 Å². The van der Waals surface area contributed by atoms with E-state index in [2.05, 4.69) is 15.8 Å². The Hall–Kier alpha value is -1.00. The first-order chi connectivity index (χ1) is 6.84. The van der Waals surface area contributed by atoms with E-state index in [1.165, 1.54) is 0 Å². The minimum Gasteiger partial charge on any atom is -0.418 e. The van der Waals surface area contributed by atoms with Crippen LogP contribution in [0.4, 0.5) is 5.69 Å². The predicted octanol–water partition coefficient (Wildman–Crippen LogP) is 0.312. The summed E-state index contributed by atoms with van der Waals surface area (Å²) in [5.41, 5.74) is 2.16. The summed E-state index contributed by atoms with van der Waals surface area (Å²) >= 11 is 0. The zero-order valence-corrected chi connectivity index (χ0v) is 8.01. The molecule has 3 rings (SSSR count). The van der Waals surface area contributed by atoms with Crippen LogP contribution in [0.1, 0.15) is 5.69 Å². The second-order valence-electron chi connectivity index (χ2n) is 3.64. The van der Waals surface area contributed by atoms with Crippen molar-refractivity contribution in [2.45, 2.75) is 6.92 Å². The maximum atomic E-state index is 5.29. The molecule has 0 spiro atoms. The Bertz CT molecular complexity index is 343. The second-order valence-corrected chi connectivity index (χ2v) is 3.64. The lowest BCUT2D eigenvalue weighted by atomic mass is 9.76. The van der Waals surface area contributed by atoms with E-state index in [0.717, 1.165) is 24.4 Å². The molecule has 0 atom stereocenters. The molecular weight excluding hydrogens is 178 g/mol. The van der Waals surface area contributed by atoms with Gasteiger partial charge in [-0.25, -0.2) is 0 Å². The summed E-state index contributed by atoms with van der Waals surface area (Å²) in [4.78, 5) is 4.17. The highest BCUT2D eigenvalue weighted by molar-refractivity contribution is 6.84. The molecule has 1 aromatic heterocycles. The Balaban J connectivity index is 1.89. The number of rotatable bonds is 3. The Morgan fingerprint density at radius 1 is 1.36 bits per heavy atom. The van der Waals surface area contributed by atoms with E-state index in [4.69, 9.17) is 9.31 Å². The fourth-order valence-corrected chi connectivity index (χ4v) is 1.62. The van der Waals surface area contributed by atoms with Crippen molar-refractivity contribution in [3.05, 3.63) is 24.0 Å². The molecule has 0 unspecified atom stereocenters. The molecule has 2 fully saturated rings. The van der Waals surface area contributed by atoms with E-state index < -0.39 is 0 Å². The van der Waals surface area contributed by atoms with E-state index in [1.54, 1.807) is 0 Å². The topological polar surface area (TPSA) is 41.2 Å². The molecule has 0 aromatic carbocycles. The van der Waals surface area contributed by atoms with Crippen molar-refractivity contribution in [1.29, 1.82) is 0 Å². The monoisotopic (exact) mass is 188 g/mol. The number of aryl methyl sites for hydroxylation is 1. The summed E-state index contributed by atoms with van der Waals surface area (Å²) in [5.74, 6) is 0. The number of aromatic nitrogens is 1. The number of nitrogens with zero attached hydrogens (tertiary/aromatic N) is 2. The number of hydrogen-bond donors (Lipinski definition) is 0. The van der Waals surface area contributed by atoms with Gasteiger partial charge < -0.3 is 14.0 Å². The molecule has 0 aliphatic carbocycles. The largest absolute Gasteiger partial charge is 0.429 e. The summed E-state index contributed by atoms with van der Waals surface area (Å²) in [7, 11) is 0.425. The van der Waals surface area contributed by atoms with Crippen molar-refractivity contribution in [2.75, 3.05) is 17.7 Å². The van der Waals surface area contributed by atoms with Crippen molar-refractivity contribution >= 4 is 19.8 Å². The van der Waals surface area contributed by atoms with Crippen LogP contribution in [-0.4, -0.2) is 32.1 Å². The quantitative estimate of drug-likeness (QED) is 0.505. The van der Waals surface area contributed by atoms with Gasteiger partial charge in [-0.05, 0) is 19.1 Å². The summed E-state index contributed by atoms with van der Waals surface area (Å²) in [6.45, 7) is 3.60. The Kier molecular flexibility index (Phi) is 1.78. The molecule has 3 heterocycles. The zero-order chi connectivity index (χ0) is 9.54. The SMILES string of the molecule is Cc1cc(N(B2CO2)B2CO2)ccn1. The normalized spacial score (nSPS) is 18.4. The first-order valence-electron chi connectivity index (χ1n) is 4.79. The zero-order valence-electron chi connectivity index (χ0n) is 8.01. The third-order valence-electron chi connectivity index (χ3n) is 2.43. The third-order valence-corrected chi connectivity index (χ3v) is 2.43. The van der Waals surface area contributed by atoms with Gasteiger partial charge in [0.2, 0.25) is 0 Å². The fraction of sp³-hybridized carbons (Fsp3) is 0.375. The highest BCUT2D eigenvalue weighted by atomic mass is 16.5. The van der Waals surface area contributed by atoms with Crippen molar-refractivity contribution in [3.63, 3.8) is 0 Å². The van der Waals surface area contributed by atoms with Gasteiger partial charge in [0.1, 0.15) is 0 Å². The molecule has 0 amide bonds. The van der Waals surface area contributed by atoms with Crippen molar-refractivity contribution in [3.8, 4) is 0 Å². The average molecular weight is 188 g/mol. The van der Waals surface area contributed by atoms with Gasteiger partial charge in [0, 0.05) is 17.6 Å². The molecule has 0 saturated carbocycles. The molecule has 14 heavy (non-hydrogen) atoms. The van der Waals surface area contributed by atoms with Crippen LogP contribution >= 0.6 is 0 Å². The van der Waals surface area contributed by atoms with Crippen LogP contribution in [0.5, 0.6) is 0 Å². The highest BCUT2D eigenvalue weighted by Gasteiger charge is 2.49. The molecule has 4 nitrogen and oxygen atoms in total. The minimum absolute atomic E-state index is 0.212. The summed E-state index contributed by atoms with van der Waals surface area (Å²) in [6.07, 6.45) is 1.82. The molecular formula is C8H10B2N2O2. The van der Waals surface area contributed by atoms with Crippen LogP contribution in [0, 0.1) is 6.92 Å². The maximum absolute atomic E-state index is 5.29. The van der Waals surface area contributed by atoms with Gasteiger partial charge in [-0.1, -0.05) is 0 Å². The molecule has 0 N–H and O–H groups in total. The van der Waals surface area contributed by atoms with Gasteiger partial charge in [-0.2, -0.15) is 0 Å². The van der Waals surface area contributed by atoms with Crippen molar-refractivity contribution in [1.82, 2.24) is 4.98 Å². The van der Waals surface area contributed by atoms with Gasteiger partial charge in [-0.3, -0.25) is 4.98 Å². The number of anilines is 1. The van der Waals surface area contributed by atoms with E-state index in [1.807, 2.05) is 19.2 Å². The van der Waals surface area contributed by atoms with E-state index in [0.29, 0.717) is 0 Å². The average Bonchev–Trinajstić information content (AvgIpc) is 2.98.